The summed E-state index contributed by atoms with van der Waals surface area (Å²) in [7, 11) is 0. The minimum atomic E-state index is -0.754. The Labute approximate surface area is 207 Å². The van der Waals surface area contributed by atoms with Gasteiger partial charge in [-0.05, 0) is 35.2 Å². The van der Waals surface area contributed by atoms with Crippen LogP contribution in [0.4, 0.5) is 0 Å². The first-order valence-corrected chi connectivity index (χ1v) is 12.1. The van der Waals surface area contributed by atoms with Crippen LogP contribution >= 0.6 is 0 Å². The maximum atomic E-state index is 12.6. The third-order valence-corrected chi connectivity index (χ3v) is 6.17. The van der Waals surface area contributed by atoms with E-state index in [-0.39, 0.29) is 18.5 Å². The molecular weight excluding hydrogens is 432 g/mol. The number of aliphatic hydroxyl groups is 1. The van der Waals surface area contributed by atoms with E-state index < -0.39 is 6.10 Å². The molecule has 0 unspecified atom stereocenters. The van der Waals surface area contributed by atoms with Crippen LogP contribution in [0.5, 0.6) is 0 Å². The second-order valence-corrected chi connectivity index (χ2v) is 8.78. The predicted molar refractivity (Wildman–Crippen MR) is 141 cm³/mol. The van der Waals surface area contributed by atoms with Gasteiger partial charge in [0.25, 0.3) is 5.91 Å². The summed E-state index contributed by atoms with van der Waals surface area (Å²) in [5.41, 5.74) is 4.10. The average Bonchev–Trinajstić information content (AvgIpc) is 2.92. The number of hydrogen-bond donors (Lipinski definition) is 2. The summed E-state index contributed by atoms with van der Waals surface area (Å²) in [6.45, 7) is 1.55. The first kappa shape index (κ1) is 24.4. The van der Waals surface area contributed by atoms with Crippen molar-refractivity contribution in [1.82, 2.24) is 10.2 Å². The molecule has 4 nitrogen and oxygen atoms in total. The van der Waals surface area contributed by atoms with E-state index in [2.05, 4.69) is 46.6 Å². The molecule has 0 bridgehead atoms. The fourth-order valence-electron chi connectivity index (χ4n) is 4.32. The fourth-order valence-corrected chi connectivity index (χ4v) is 4.32. The molecule has 4 heteroatoms. The lowest BCUT2D eigenvalue weighted by atomic mass is 9.97. The van der Waals surface area contributed by atoms with Crippen LogP contribution in [0.15, 0.2) is 121 Å². The second-order valence-electron chi connectivity index (χ2n) is 8.78. The Hall–Kier alpha value is -3.73. The van der Waals surface area contributed by atoms with Crippen LogP contribution in [0.3, 0.4) is 0 Å². The smallest absolute Gasteiger partial charge is 0.251 e. The van der Waals surface area contributed by atoms with E-state index >= 15 is 0 Å². The van der Waals surface area contributed by atoms with Crippen LogP contribution in [0.1, 0.15) is 27.0 Å². The van der Waals surface area contributed by atoms with Gasteiger partial charge < -0.3 is 10.4 Å². The Morgan fingerprint density at radius 2 is 1.09 bits per heavy atom. The number of aliphatic hydroxyl groups excluding tert-OH is 1. The van der Waals surface area contributed by atoms with Crippen LogP contribution in [0.25, 0.3) is 0 Å². The van der Waals surface area contributed by atoms with Crippen molar-refractivity contribution >= 4 is 5.91 Å². The molecule has 4 aromatic carbocycles. The van der Waals surface area contributed by atoms with Crippen molar-refractivity contribution in [2.75, 3.05) is 6.54 Å². The van der Waals surface area contributed by atoms with Crippen molar-refractivity contribution in [3.05, 3.63) is 144 Å². The lowest BCUT2D eigenvalue weighted by molar-refractivity contribution is 0.0383. The number of carbonyl (C=O) groups excluding carboxylic acids is 1. The molecule has 0 aliphatic carbocycles. The maximum absolute atomic E-state index is 12.6. The topological polar surface area (TPSA) is 52.6 Å². The predicted octanol–water partition coefficient (Wildman–Crippen LogP) is 5.09. The van der Waals surface area contributed by atoms with Gasteiger partial charge in [0.05, 0.1) is 6.10 Å². The van der Waals surface area contributed by atoms with Gasteiger partial charge in [-0.1, -0.05) is 109 Å². The minimum Gasteiger partial charge on any atom is -0.390 e. The van der Waals surface area contributed by atoms with E-state index in [4.69, 9.17) is 0 Å². The van der Waals surface area contributed by atoms with Gasteiger partial charge in [-0.3, -0.25) is 9.69 Å². The van der Waals surface area contributed by atoms with E-state index in [1.165, 1.54) is 11.1 Å². The highest BCUT2D eigenvalue weighted by molar-refractivity contribution is 5.94. The number of carbonyl (C=O) groups is 1. The van der Waals surface area contributed by atoms with Gasteiger partial charge in [0.2, 0.25) is 0 Å². The highest BCUT2D eigenvalue weighted by Gasteiger charge is 2.27. The van der Waals surface area contributed by atoms with Crippen molar-refractivity contribution in [3.63, 3.8) is 0 Å². The molecule has 0 aliphatic rings. The zero-order valence-corrected chi connectivity index (χ0v) is 19.8. The largest absolute Gasteiger partial charge is 0.390 e. The minimum absolute atomic E-state index is 0.172. The third-order valence-electron chi connectivity index (χ3n) is 6.17. The van der Waals surface area contributed by atoms with Gasteiger partial charge in [0.1, 0.15) is 0 Å². The second kappa shape index (κ2) is 12.7. The molecule has 0 spiro atoms. The zero-order valence-electron chi connectivity index (χ0n) is 19.8. The summed E-state index contributed by atoms with van der Waals surface area (Å²) in [5, 5.41) is 14.4. The van der Waals surface area contributed by atoms with Gasteiger partial charge in [-0.15, -0.1) is 0 Å². The van der Waals surface area contributed by atoms with Gasteiger partial charge in [0, 0.05) is 31.2 Å². The van der Waals surface area contributed by atoms with Crippen LogP contribution in [0.2, 0.25) is 0 Å². The molecule has 0 radical (unpaired) electrons. The van der Waals surface area contributed by atoms with Crippen molar-refractivity contribution < 1.29 is 9.90 Å². The molecule has 0 fully saturated rings. The van der Waals surface area contributed by atoms with Gasteiger partial charge in [-0.2, -0.15) is 0 Å². The summed E-state index contributed by atoms with van der Waals surface area (Å²) in [5.74, 6) is -0.180. The summed E-state index contributed by atoms with van der Waals surface area (Å²) in [4.78, 5) is 15.0. The molecule has 4 rings (SSSR count). The van der Waals surface area contributed by atoms with Crippen LogP contribution in [0, 0.1) is 0 Å². The zero-order chi connectivity index (χ0) is 24.3. The van der Waals surface area contributed by atoms with Crippen LogP contribution in [-0.4, -0.2) is 34.6 Å². The highest BCUT2D eigenvalue weighted by atomic mass is 16.3. The molecule has 1 amide bonds. The van der Waals surface area contributed by atoms with Crippen LogP contribution in [-0.2, 0) is 19.5 Å². The number of nitrogens with one attached hydrogen (secondary N) is 1. The molecular formula is C31H32N2O2. The molecule has 0 saturated carbocycles. The van der Waals surface area contributed by atoms with E-state index in [0.29, 0.717) is 25.1 Å². The lowest BCUT2D eigenvalue weighted by Crippen LogP contribution is -2.49. The fraction of sp³-hybridized carbons (Fsp3) is 0.194. The van der Waals surface area contributed by atoms with Crippen molar-refractivity contribution in [2.24, 2.45) is 0 Å². The lowest BCUT2D eigenvalue weighted by Gasteiger charge is -2.35. The molecule has 2 N–H and O–H groups in total. The summed E-state index contributed by atoms with van der Waals surface area (Å²) in [6, 6.07) is 39.8. The SMILES string of the molecule is O=C(NC[C@H](O)[C@H](Cc1ccccc1)N(Cc1ccccc1)Cc1ccccc1)c1ccccc1. The first-order chi connectivity index (χ1) is 17.2. The molecule has 4 aromatic rings. The third kappa shape index (κ3) is 7.38. The Bertz CT molecular complexity index is 1110. The number of nitrogens with zero attached hydrogens (tertiary/aromatic N) is 1. The first-order valence-electron chi connectivity index (χ1n) is 12.1. The molecule has 0 heterocycles. The monoisotopic (exact) mass is 464 g/mol. The Kier molecular flexibility index (Phi) is 8.82. The van der Waals surface area contributed by atoms with E-state index in [1.54, 1.807) is 12.1 Å². The summed E-state index contributed by atoms with van der Waals surface area (Å²) < 4.78 is 0. The Morgan fingerprint density at radius 3 is 1.57 bits per heavy atom. The maximum Gasteiger partial charge on any atom is 0.251 e. The highest BCUT2D eigenvalue weighted by Crippen LogP contribution is 2.20. The number of amides is 1. The van der Waals surface area contributed by atoms with Gasteiger partial charge >= 0.3 is 0 Å². The number of benzene rings is 4. The molecule has 35 heavy (non-hydrogen) atoms. The van der Waals surface area contributed by atoms with Crippen LogP contribution < -0.4 is 5.32 Å². The van der Waals surface area contributed by atoms with E-state index in [1.807, 2.05) is 72.8 Å². The quantitative estimate of drug-likeness (QED) is 0.325. The van der Waals surface area contributed by atoms with Crippen molar-refractivity contribution in [1.29, 1.82) is 0 Å². The van der Waals surface area contributed by atoms with E-state index in [0.717, 1.165) is 5.56 Å². The van der Waals surface area contributed by atoms with Crippen molar-refractivity contribution in [2.45, 2.75) is 31.7 Å². The molecule has 0 aliphatic heterocycles. The normalized spacial score (nSPS) is 12.7. The van der Waals surface area contributed by atoms with E-state index in [9.17, 15) is 9.90 Å². The standard InChI is InChI=1S/C31H32N2O2/c34-30(22-32-31(35)28-19-11-4-12-20-28)29(21-25-13-5-1-6-14-25)33(23-26-15-7-2-8-16-26)24-27-17-9-3-10-18-27/h1-20,29-30,34H,21-24H2,(H,32,35)/t29-,30-/m0/s1. The van der Waals surface area contributed by atoms with Crippen molar-refractivity contribution in [3.8, 4) is 0 Å². The molecule has 0 saturated heterocycles. The summed E-state index contributed by atoms with van der Waals surface area (Å²) >= 11 is 0. The Balaban J connectivity index is 1.58. The molecule has 0 aromatic heterocycles. The van der Waals surface area contributed by atoms with Gasteiger partial charge in [-0.25, -0.2) is 0 Å². The molecule has 178 valence electrons. The van der Waals surface area contributed by atoms with Gasteiger partial charge in [0.15, 0.2) is 0 Å². The number of rotatable bonds is 11. The molecule has 2 atom stereocenters. The average molecular weight is 465 g/mol. The number of hydrogen-bond acceptors (Lipinski definition) is 3. The summed E-state index contributed by atoms with van der Waals surface area (Å²) in [6.07, 6.45) is -0.0848. The Morgan fingerprint density at radius 1 is 0.657 bits per heavy atom.